The van der Waals surface area contributed by atoms with Gasteiger partial charge in [-0.15, -0.1) is 0 Å². The van der Waals surface area contributed by atoms with Gasteiger partial charge in [0.05, 0.1) is 18.3 Å². The van der Waals surface area contributed by atoms with Crippen LogP contribution in [0, 0.1) is 45.8 Å². The van der Waals surface area contributed by atoms with Crippen LogP contribution in [0.15, 0.2) is 41.5 Å². The smallest absolute Gasteiger partial charge is 0.204 e. The Morgan fingerprint density at radius 3 is 2.13 bits per heavy atom. The van der Waals surface area contributed by atoms with Crippen molar-refractivity contribution >= 4 is 18.5 Å². The first-order valence-electron chi connectivity index (χ1n) is 17.3. The molecule has 0 aliphatic heterocycles. The molecule has 2 N–H and O–H groups in total. The molecule has 45 heavy (non-hydrogen) atoms. The molecule has 4 fully saturated rings. The molecule has 0 saturated heterocycles. The SMILES string of the molecule is CC=O.COC1CCC2(C)C(CCC3(C)C4CCC5(OCc6ccccc6)CC(=O)C(C(C)C)=C5C4CCC32)C1(C)C.NC=O. The van der Waals surface area contributed by atoms with Crippen molar-refractivity contribution in [2.24, 2.45) is 51.6 Å². The van der Waals surface area contributed by atoms with E-state index in [1.807, 2.05) is 7.11 Å². The molecule has 1 aromatic rings. The summed E-state index contributed by atoms with van der Waals surface area (Å²) in [6.07, 6.45) is 11.7. The highest BCUT2D eigenvalue weighted by atomic mass is 16.5. The van der Waals surface area contributed by atoms with E-state index in [-0.39, 0.29) is 17.7 Å². The Morgan fingerprint density at radius 2 is 1.53 bits per heavy atom. The van der Waals surface area contributed by atoms with Gasteiger partial charge in [-0.1, -0.05) is 71.9 Å². The predicted molar refractivity (Wildman–Crippen MR) is 179 cm³/mol. The molecule has 1 aromatic carbocycles. The number of ether oxygens (including phenoxy) is 2. The van der Waals surface area contributed by atoms with Crippen molar-refractivity contribution in [3.63, 3.8) is 0 Å². The lowest BCUT2D eigenvalue weighted by atomic mass is 9.37. The summed E-state index contributed by atoms with van der Waals surface area (Å²) in [5.74, 6) is 3.23. The standard InChI is InChI=1S/C36H52O3.C2H4O.CH3NO/c1-23(2)31-27(37)21-36(39-22-24-11-9-8-10-12-24)20-15-26-25(32(31)36)13-14-29-34(26,5)18-16-28-33(3,4)30(38-7)17-19-35(28,29)6;1-2-3;2-1-3/h8-12,23,25-26,28-30H,13-22H2,1-7H3;2H,1H3;1H,(H2,2,3). The molecule has 0 bridgehead atoms. The number of hydrogen-bond donors (Lipinski definition) is 1. The van der Waals surface area contributed by atoms with Gasteiger partial charge in [0, 0.05) is 19.1 Å². The summed E-state index contributed by atoms with van der Waals surface area (Å²) >= 11 is 0. The van der Waals surface area contributed by atoms with Crippen molar-refractivity contribution in [2.45, 2.75) is 125 Å². The fourth-order valence-corrected chi connectivity index (χ4v) is 11.6. The quantitative estimate of drug-likeness (QED) is 0.338. The number of benzene rings is 1. The Balaban J connectivity index is 0.000000713. The van der Waals surface area contributed by atoms with Crippen molar-refractivity contribution in [1.29, 1.82) is 0 Å². The average molecular weight is 622 g/mol. The van der Waals surface area contributed by atoms with E-state index in [1.165, 1.54) is 63.0 Å². The minimum Gasteiger partial charge on any atom is -0.381 e. The summed E-state index contributed by atoms with van der Waals surface area (Å²) in [5.41, 5.74) is 8.46. The maximum atomic E-state index is 13.7. The highest BCUT2D eigenvalue weighted by molar-refractivity contribution is 6.01. The molecular formula is C39H59NO5. The van der Waals surface area contributed by atoms with Gasteiger partial charge >= 0.3 is 0 Å². The molecular weight excluding hydrogens is 562 g/mol. The lowest BCUT2D eigenvalue weighted by Crippen LogP contribution is -2.63. The third kappa shape index (κ3) is 6.11. The second-order valence-corrected chi connectivity index (χ2v) is 15.8. The third-order valence-electron chi connectivity index (χ3n) is 13.1. The molecule has 5 aliphatic rings. The molecule has 8 atom stereocenters. The molecule has 0 radical (unpaired) electrons. The van der Waals surface area contributed by atoms with Gasteiger partial charge in [-0.2, -0.15) is 0 Å². The first-order valence-corrected chi connectivity index (χ1v) is 17.3. The summed E-state index contributed by atoms with van der Waals surface area (Å²) in [6.45, 7) is 16.8. The maximum Gasteiger partial charge on any atom is 0.204 e. The van der Waals surface area contributed by atoms with Crippen molar-refractivity contribution in [2.75, 3.05) is 7.11 Å². The lowest BCUT2D eigenvalue weighted by molar-refractivity contribution is -0.210. The highest BCUT2D eigenvalue weighted by Crippen LogP contribution is 2.72. The summed E-state index contributed by atoms with van der Waals surface area (Å²) in [6, 6.07) is 10.5. The Bertz CT molecular complexity index is 1230. The number of fused-ring (bicyclic) bond motifs is 7. The number of Topliss-reactive ketones (excluding diaryl/α,β-unsaturated/α-hetero) is 1. The van der Waals surface area contributed by atoms with E-state index >= 15 is 0 Å². The predicted octanol–water partition coefficient (Wildman–Crippen LogP) is 7.87. The van der Waals surface area contributed by atoms with Gasteiger partial charge in [0.25, 0.3) is 0 Å². The summed E-state index contributed by atoms with van der Waals surface area (Å²) in [5, 5.41) is 0. The van der Waals surface area contributed by atoms with Gasteiger partial charge in [-0.05, 0) is 115 Å². The van der Waals surface area contributed by atoms with E-state index in [9.17, 15) is 4.79 Å². The number of amides is 1. The van der Waals surface area contributed by atoms with Gasteiger partial charge in [0.2, 0.25) is 6.41 Å². The number of nitrogens with two attached hydrogens (primary N) is 1. The highest BCUT2D eigenvalue weighted by Gasteiger charge is 2.66. The van der Waals surface area contributed by atoms with E-state index in [4.69, 9.17) is 19.1 Å². The molecule has 6 heteroatoms. The third-order valence-corrected chi connectivity index (χ3v) is 13.1. The van der Waals surface area contributed by atoms with Gasteiger partial charge in [-0.3, -0.25) is 9.59 Å². The van der Waals surface area contributed by atoms with Crippen LogP contribution in [0.3, 0.4) is 0 Å². The molecule has 0 heterocycles. The zero-order valence-corrected chi connectivity index (χ0v) is 29.2. The number of rotatable bonds is 5. The molecule has 4 saturated carbocycles. The van der Waals surface area contributed by atoms with E-state index in [0.29, 0.717) is 53.5 Å². The molecule has 0 spiro atoms. The van der Waals surface area contributed by atoms with E-state index in [1.54, 1.807) is 0 Å². The van der Waals surface area contributed by atoms with Gasteiger partial charge in [0.1, 0.15) is 6.29 Å². The second-order valence-electron chi connectivity index (χ2n) is 15.8. The van der Waals surface area contributed by atoms with Crippen LogP contribution >= 0.6 is 0 Å². The van der Waals surface area contributed by atoms with Crippen LogP contribution < -0.4 is 5.73 Å². The number of allylic oxidation sites excluding steroid dienone is 1. The van der Waals surface area contributed by atoms with E-state index < -0.39 is 5.60 Å². The molecule has 5 aliphatic carbocycles. The zero-order valence-electron chi connectivity index (χ0n) is 29.2. The normalized spacial score (nSPS) is 37.9. The maximum absolute atomic E-state index is 13.7. The molecule has 8 unspecified atom stereocenters. The fourth-order valence-electron chi connectivity index (χ4n) is 11.6. The number of aldehydes is 1. The van der Waals surface area contributed by atoms with Crippen LogP contribution in [0.5, 0.6) is 0 Å². The number of carbonyl (C=O) groups is 3. The molecule has 250 valence electrons. The van der Waals surface area contributed by atoms with Crippen LogP contribution in [0.4, 0.5) is 0 Å². The van der Waals surface area contributed by atoms with Crippen LogP contribution in [-0.4, -0.2) is 37.3 Å². The number of primary amides is 1. The minimum atomic E-state index is -0.392. The van der Waals surface area contributed by atoms with Crippen LogP contribution in [-0.2, 0) is 30.5 Å². The number of hydrogen-bond acceptors (Lipinski definition) is 5. The fraction of sp³-hybridized carbons (Fsp3) is 0.718. The Hall–Kier alpha value is -2.31. The van der Waals surface area contributed by atoms with Crippen molar-refractivity contribution < 1.29 is 23.9 Å². The molecule has 1 amide bonds. The van der Waals surface area contributed by atoms with Crippen molar-refractivity contribution in [3.8, 4) is 0 Å². The Kier molecular flexibility index (Phi) is 10.9. The minimum absolute atomic E-state index is 0.220. The van der Waals surface area contributed by atoms with E-state index in [2.05, 4.69) is 77.6 Å². The average Bonchev–Trinajstić information content (AvgIpc) is 3.30. The van der Waals surface area contributed by atoms with E-state index in [0.717, 1.165) is 24.2 Å². The van der Waals surface area contributed by atoms with Gasteiger partial charge in [-0.25, -0.2) is 0 Å². The van der Waals surface area contributed by atoms with Gasteiger partial charge in [0.15, 0.2) is 5.78 Å². The number of carbonyl (C=O) groups excluding carboxylic acids is 3. The van der Waals surface area contributed by atoms with Crippen molar-refractivity contribution in [1.82, 2.24) is 0 Å². The number of ketones is 1. The summed E-state index contributed by atoms with van der Waals surface area (Å²) in [4.78, 5) is 31.0. The lowest BCUT2D eigenvalue weighted by Gasteiger charge is -2.68. The monoisotopic (exact) mass is 621 g/mol. The van der Waals surface area contributed by atoms with Crippen LogP contribution in [0.25, 0.3) is 0 Å². The Labute approximate surface area is 272 Å². The Morgan fingerprint density at radius 1 is 0.911 bits per heavy atom. The number of methoxy groups -OCH3 is 1. The molecule has 0 aromatic heterocycles. The second kappa shape index (κ2) is 13.8. The first-order chi connectivity index (χ1) is 21.3. The van der Waals surface area contributed by atoms with Crippen LogP contribution in [0.1, 0.15) is 112 Å². The summed E-state index contributed by atoms with van der Waals surface area (Å²) in [7, 11) is 1.92. The topological polar surface area (TPSA) is 95.7 Å². The molecule has 6 nitrogen and oxygen atoms in total. The summed E-state index contributed by atoms with van der Waals surface area (Å²) < 4.78 is 13.0. The largest absolute Gasteiger partial charge is 0.381 e. The van der Waals surface area contributed by atoms with Gasteiger partial charge < -0.3 is 20.0 Å². The first kappa shape index (κ1) is 35.5. The molecule has 6 rings (SSSR count). The van der Waals surface area contributed by atoms with Crippen molar-refractivity contribution in [3.05, 3.63) is 47.0 Å². The van der Waals surface area contributed by atoms with Crippen LogP contribution in [0.2, 0.25) is 0 Å². The zero-order chi connectivity index (χ0) is 33.2.